The van der Waals surface area contributed by atoms with Crippen molar-refractivity contribution < 1.29 is 4.79 Å². The van der Waals surface area contributed by atoms with Gasteiger partial charge >= 0.3 is 6.03 Å². The van der Waals surface area contributed by atoms with Gasteiger partial charge in [0, 0.05) is 0 Å². The van der Waals surface area contributed by atoms with Crippen molar-refractivity contribution in [2.45, 2.75) is 13.8 Å². The van der Waals surface area contributed by atoms with Gasteiger partial charge in [0.1, 0.15) is 0 Å². The molecule has 3 rings (SSSR count). The first kappa shape index (κ1) is 14.8. The summed E-state index contributed by atoms with van der Waals surface area (Å²) >= 11 is 7.46. The lowest BCUT2D eigenvalue weighted by Gasteiger charge is -2.06. The van der Waals surface area contributed by atoms with E-state index in [0.717, 1.165) is 10.2 Å². The smallest absolute Gasteiger partial charge is 0.306 e. The number of amides is 2. The number of nitrogens with one attached hydrogen (secondary N) is 2. The van der Waals surface area contributed by atoms with Gasteiger partial charge < -0.3 is 5.32 Å². The summed E-state index contributed by atoms with van der Waals surface area (Å²) in [5, 5.41) is 6.51. The molecule has 0 fully saturated rings. The fourth-order valence-electron chi connectivity index (χ4n) is 2.05. The first-order chi connectivity index (χ1) is 10.5. The van der Waals surface area contributed by atoms with Crippen molar-refractivity contribution in [2.75, 3.05) is 10.6 Å². The summed E-state index contributed by atoms with van der Waals surface area (Å²) in [5.74, 6) is 0. The fraction of sp³-hybridized carbons (Fsp3) is 0.125. The molecule has 4 nitrogen and oxygen atoms in total. The zero-order valence-electron chi connectivity index (χ0n) is 12.1. The second kappa shape index (κ2) is 5.94. The lowest BCUT2D eigenvalue weighted by atomic mass is 10.1. The molecule has 3 aromatic rings. The summed E-state index contributed by atoms with van der Waals surface area (Å²) in [6.45, 7) is 4.11. The van der Waals surface area contributed by atoms with Crippen LogP contribution in [0.15, 0.2) is 36.4 Å². The number of aryl methyl sites for hydroxylation is 2. The van der Waals surface area contributed by atoms with Crippen LogP contribution in [0.5, 0.6) is 0 Å². The number of urea groups is 1. The molecule has 0 saturated heterocycles. The number of hydrogen-bond donors (Lipinski definition) is 2. The number of carbonyl (C=O) groups is 1. The van der Waals surface area contributed by atoms with Crippen LogP contribution in [0.3, 0.4) is 0 Å². The van der Waals surface area contributed by atoms with Crippen LogP contribution in [0.25, 0.3) is 10.2 Å². The van der Waals surface area contributed by atoms with Crippen molar-refractivity contribution in [3.8, 4) is 0 Å². The number of halogens is 1. The largest absolute Gasteiger partial charge is 0.325 e. The van der Waals surface area contributed by atoms with E-state index in [9.17, 15) is 4.79 Å². The molecule has 0 aliphatic carbocycles. The van der Waals surface area contributed by atoms with Crippen LogP contribution in [-0.4, -0.2) is 11.0 Å². The van der Waals surface area contributed by atoms with Crippen molar-refractivity contribution in [3.05, 3.63) is 52.5 Å². The summed E-state index contributed by atoms with van der Waals surface area (Å²) in [7, 11) is 0. The summed E-state index contributed by atoms with van der Waals surface area (Å²) in [5.41, 5.74) is 3.85. The second-order valence-electron chi connectivity index (χ2n) is 4.98. The molecule has 0 unspecified atom stereocenters. The topological polar surface area (TPSA) is 54.0 Å². The zero-order valence-corrected chi connectivity index (χ0v) is 13.7. The van der Waals surface area contributed by atoms with E-state index in [-0.39, 0.29) is 6.03 Å². The average Bonchev–Trinajstić information content (AvgIpc) is 2.83. The zero-order chi connectivity index (χ0) is 15.7. The van der Waals surface area contributed by atoms with Crippen molar-refractivity contribution >= 4 is 50.0 Å². The van der Waals surface area contributed by atoms with E-state index in [1.807, 2.05) is 25.1 Å². The Kier molecular flexibility index (Phi) is 4.00. The summed E-state index contributed by atoms with van der Waals surface area (Å²) in [4.78, 5) is 16.5. The number of para-hydroxylation sites is 1. The SMILES string of the molecule is Cc1cc2nc(NC(=O)Nc3ccccc3Cl)sc2cc1C. The summed E-state index contributed by atoms with van der Waals surface area (Å²) in [6, 6.07) is 10.8. The van der Waals surface area contributed by atoms with Gasteiger partial charge in [-0.25, -0.2) is 9.78 Å². The first-order valence-corrected chi connectivity index (χ1v) is 7.93. The molecule has 6 heteroatoms. The molecule has 0 aliphatic rings. The molecular weight excluding hydrogens is 318 g/mol. The maximum absolute atomic E-state index is 12.0. The number of nitrogens with zero attached hydrogens (tertiary/aromatic N) is 1. The number of benzene rings is 2. The van der Waals surface area contributed by atoms with E-state index in [2.05, 4.69) is 28.6 Å². The predicted octanol–water partition coefficient (Wildman–Crippen LogP) is 5.21. The van der Waals surface area contributed by atoms with Crippen molar-refractivity contribution in [1.29, 1.82) is 0 Å². The van der Waals surface area contributed by atoms with Gasteiger partial charge in [-0.05, 0) is 49.2 Å². The maximum Gasteiger partial charge on any atom is 0.325 e. The quantitative estimate of drug-likeness (QED) is 0.677. The average molecular weight is 332 g/mol. The number of thiazole rings is 1. The molecule has 1 heterocycles. The number of anilines is 2. The molecule has 0 atom stereocenters. The Morgan fingerprint density at radius 2 is 1.86 bits per heavy atom. The van der Waals surface area contributed by atoms with E-state index in [0.29, 0.717) is 15.8 Å². The lowest BCUT2D eigenvalue weighted by molar-refractivity contribution is 0.262. The molecular formula is C16H14ClN3OS. The minimum atomic E-state index is -0.361. The van der Waals surface area contributed by atoms with Gasteiger partial charge in [0.05, 0.1) is 20.9 Å². The monoisotopic (exact) mass is 331 g/mol. The van der Waals surface area contributed by atoms with E-state index in [1.54, 1.807) is 12.1 Å². The maximum atomic E-state index is 12.0. The van der Waals surface area contributed by atoms with Gasteiger partial charge in [-0.3, -0.25) is 5.32 Å². The fourth-order valence-corrected chi connectivity index (χ4v) is 3.17. The molecule has 2 aromatic carbocycles. The Labute approximate surface area is 137 Å². The highest BCUT2D eigenvalue weighted by molar-refractivity contribution is 7.22. The number of rotatable bonds is 2. The normalized spacial score (nSPS) is 10.7. The molecule has 0 aliphatic heterocycles. The molecule has 22 heavy (non-hydrogen) atoms. The lowest BCUT2D eigenvalue weighted by Crippen LogP contribution is -2.19. The highest BCUT2D eigenvalue weighted by Crippen LogP contribution is 2.28. The van der Waals surface area contributed by atoms with Crippen LogP contribution in [0.2, 0.25) is 5.02 Å². The van der Waals surface area contributed by atoms with E-state index in [4.69, 9.17) is 11.6 Å². The number of fused-ring (bicyclic) bond motifs is 1. The number of aromatic nitrogens is 1. The predicted molar refractivity (Wildman–Crippen MR) is 93.2 cm³/mol. The highest BCUT2D eigenvalue weighted by atomic mass is 35.5. The molecule has 0 radical (unpaired) electrons. The molecule has 112 valence electrons. The Hall–Kier alpha value is -2.11. The van der Waals surface area contributed by atoms with Crippen molar-refractivity contribution in [2.24, 2.45) is 0 Å². The van der Waals surface area contributed by atoms with Crippen LogP contribution in [-0.2, 0) is 0 Å². The van der Waals surface area contributed by atoms with Gasteiger partial charge in [0.15, 0.2) is 5.13 Å². The summed E-state index contributed by atoms with van der Waals surface area (Å²) in [6.07, 6.45) is 0. The van der Waals surface area contributed by atoms with E-state index in [1.165, 1.54) is 22.5 Å². The third kappa shape index (κ3) is 3.05. The Morgan fingerprint density at radius 1 is 1.14 bits per heavy atom. The van der Waals surface area contributed by atoms with Gasteiger partial charge in [-0.15, -0.1) is 0 Å². The van der Waals surface area contributed by atoms with Gasteiger partial charge in [-0.1, -0.05) is 35.1 Å². The summed E-state index contributed by atoms with van der Waals surface area (Å²) < 4.78 is 1.05. The Balaban J connectivity index is 1.78. The van der Waals surface area contributed by atoms with Gasteiger partial charge in [0.25, 0.3) is 0 Å². The number of hydrogen-bond acceptors (Lipinski definition) is 3. The van der Waals surface area contributed by atoms with Crippen LogP contribution in [0.1, 0.15) is 11.1 Å². The van der Waals surface area contributed by atoms with Gasteiger partial charge in [0.2, 0.25) is 0 Å². The third-order valence-corrected chi connectivity index (χ3v) is 4.61. The Morgan fingerprint density at radius 3 is 2.64 bits per heavy atom. The Bertz CT molecular complexity index is 821. The first-order valence-electron chi connectivity index (χ1n) is 6.73. The number of carbonyl (C=O) groups excluding carboxylic acids is 1. The van der Waals surface area contributed by atoms with Crippen molar-refractivity contribution in [1.82, 2.24) is 4.98 Å². The van der Waals surface area contributed by atoms with E-state index < -0.39 is 0 Å². The second-order valence-corrected chi connectivity index (χ2v) is 6.42. The van der Waals surface area contributed by atoms with Crippen molar-refractivity contribution in [3.63, 3.8) is 0 Å². The minimum absolute atomic E-state index is 0.361. The molecule has 0 spiro atoms. The molecule has 1 aromatic heterocycles. The molecule has 0 bridgehead atoms. The van der Waals surface area contributed by atoms with E-state index >= 15 is 0 Å². The molecule has 2 N–H and O–H groups in total. The highest BCUT2D eigenvalue weighted by Gasteiger charge is 2.10. The van der Waals surface area contributed by atoms with Crippen LogP contribution >= 0.6 is 22.9 Å². The molecule has 0 saturated carbocycles. The van der Waals surface area contributed by atoms with Gasteiger partial charge in [-0.2, -0.15) is 0 Å². The standard InChI is InChI=1S/C16H14ClN3OS/c1-9-7-13-14(8-10(9)2)22-16(19-13)20-15(21)18-12-6-4-3-5-11(12)17/h3-8H,1-2H3,(H2,18,19,20,21). The molecule has 2 amide bonds. The minimum Gasteiger partial charge on any atom is -0.306 e. The third-order valence-electron chi connectivity index (χ3n) is 3.35. The van der Waals surface area contributed by atoms with Crippen LogP contribution in [0.4, 0.5) is 15.6 Å². The van der Waals surface area contributed by atoms with Crippen LogP contribution in [0, 0.1) is 13.8 Å². The van der Waals surface area contributed by atoms with Crippen LogP contribution < -0.4 is 10.6 Å².